The van der Waals surface area contributed by atoms with E-state index >= 15 is 0 Å². The van der Waals surface area contributed by atoms with Crippen molar-refractivity contribution >= 4 is 29.0 Å². The van der Waals surface area contributed by atoms with E-state index in [1.807, 2.05) is 30.3 Å². The highest BCUT2D eigenvalue weighted by Crippen LogP contribution is 2.51. The topological polar surface area (TPSA) is 93.3 Å². The van der Waals surface area contributed by atoms with Gasteiger partial charge in [-0.2, -0.15) is 5.26 Å². The Hall–Kier alpha value is -1.94. The monoisotopic (exact) mass is 516 g/mol. The average molecular weight is 517 g/mol. The molecule has 0 aromatic heterocycles. The molecule has 0 amide bonds. The van der Waals surface area contributed by atoms with Gasteiger partial charge < -0.3 is 15.5 Å². The second kappa shape index (κ2) is 11.4. The number of carbonyl (C=O) groups excluding carboxylic acids is 1. The zero-order chi connectivity index (χ0) is 25.8. The standard InChI is InChI=1S/C28H34Cl2N2O3/c1-27(2,3)15-24-28(17-31,19-10-12-20(29)13-11-19)25(18-6-4-7-21(30)14-18)26(32-24)23(35)9-5-8-22(34)16-33/h4,6-7,10-14,22,24-26,32-34H,5,8-9,15-16H2,1-3H3/t22-,24+,25+,26+,28+/m1/s1. The van der Waals surface area contributed by atoms with E-state index in [1.54, 1.807) is 18.2 Å². The third-order valence-electron chi connectivity index (χ3n) is 6.80. The van der Waals surface area contributed by atoms with E-state index in [0.717, 1.165) is 11.1 Å². The number of halogens is 2. The predicted molar refractivity (Wildman–Crippen MR) is 140 cm³/mol. The first kappa shape index (κ1) is 27.6. The minimum atomic E-state index is -1.03. The van der Waals surface area contributed by atoms with Crippen LogP contribution in [0.2, 0.25) is 10.0 Å². The van der Waals surface area contributed by atoms with Gasteiger partial charge in [0.05, 0.1) is 24.8 Å². The summed E-state index contributed by atoms with van der Waals surface area (Å²) in [5.41, 5.74) is 0.496. The molecule has 0 saturated carbocycles. The minimum absolute atomic E-state index is 0.0230. The first-order chi connectivity index (χ1) is 16.5. The second-order valence-electron chi connectivity index (χ2n) is 10.7. The number of Topliss-reactive ketones (excluding diaryl/α,β-unsaturated/α-hetero) is 1. The highest BCUT2D eigenvalue weighted by molar-refractivity contribution is 6.30. The van der Waals surface area contributed by atoms with Crippen LogP contribution in [0.5, 0.6) is 0 Å². The molecule has 0 radical (unpaired) electrons. The fraction of sp³-hybridized carbons (Fsp3) is 0.500. The summed E-state index contributed by atoms with van der Waals surface area (Å²) in [6.45, 7) is 6.04. The SMILES string of the molecule is CC(C)(C)C[C@@H]1N[C@@H](C(=O)CCC[C@@H](O)CO)[C@H](c2cccc(Cl)c2)[C@@]1(C#N)c1ccc(Cl)cc1. The number of aliphatic hydroxyl groups is 2. The van der Waals surface area contributed by atoms with Crippen molar-refractivity contribution in [2.75, 3.05) is 6.61 Å². The molecular formula is C28H34Cl2N2O3. The molecule has 0 spiro atoms. The third kappa shape index (κ3) is 6.25. The Labute approximate surface area is 218 Å². The smallest absolute Gasteiger partial charge is 0.150 e. The van der Waals surface area contributed by atoms with Crippen molar-refractivity contribution in [2.24, 2.45) is 5.41 Å². The van der Waals surface area contributed by atoms with Gasteiger partial charge in [0.1, 0.15) is 11.2 Å². The molecule has 3 rings (SSSR count). The number of hydrogen-bond acceptors (Lipinski definition) is 5. The van der Waals surface area contributed by atoms with Gasteiger partial charge in [0, 0.05) is 28.4 Å². The largest absolute Gasteiger partial charge is 0.394 e. The fourth-order valence-corrected chi connectivity index (χ4v) is 5.59. The molecule has 2 aromatic carbocycles. The molecule has 1 fully saturated rings. The maximum absolute atomic E-state index is 13.6. The Balaban J connectivity index is 2.14. The van der Waals surface area contributed by atoms with Crippen molar-refractivity contribution in [2.45, 2.75) is 76.0 Å². The second-order valence-corrected chi connectivity index (χ2v) is 11.5. The maximum atomic E-state index is 13.6. The molecule has 0 aliphatic carbocycles. The van der Waals surface area contributed by atoms with Gasteiger partial charge in [-0.05, 0) is 60.1 Å². The minimum Gasteiger partial charge on any atom is -0.394 e. The molecule has 5 nitrogen and oxygen atoms in total. The molecule has 1 aliphatic rings. The van der Waals surface area contributed by atoms with Crippen LogP contribution in [0.4, 0.5) is 0 Å². The van der Waals surface area contributed by atoms with Crippen molar-refractivity contribution in [3.8, 4) is 6.07 Å². The van der Waals surface area contributed by atoms with Crippen molar-refractivity contribution < 1.29 is 15.0 Å². The van der Waals surface area contributed by atoms with Crippen LogP contribution in [0.15, 0.2) is 48.5 Å². The summed E-state index contributed by atoms with van der Waals surface area (Å²) in [7, 11) is 0. The maximum Gasteiger partial charge on any atom is 0.150 e. The zero-order valence-electron chi connectivity index (χ0n) is 20.5. The van der Waals surface area contributed by atoms with Crippen LogP contribution in [-0.2, 0) is 10.2 Å². The first-order valence-corrected chi connectivity index (χ1v) is 12.8. The van der Waals surface area contributed by atoms with Gasteiger partial charge in [-0.3, -0.25) is 4.79 Å². The van der Waals surface area contributed by atoms with Crippen LogP contribution >= 0.6 is 23.2 Å². The van der Waals surface area contributed by atoms with Gasteiger partial charge in [-0.1, -0.05) is 68.2 Å². The molecule has 0 bridgehead atoms. The third-order valence-corrected chi connectivity index (χ3v) is 7.29. The number of aliphatic hydroxyl groups excluding tert-OH is 2. The predicted octanol–water partition coefficient (Wildman–Crippen LogP) is 5.41. The fourth-order valence-electron chi connectivity index (χ4n) is 5.27. The Morgan fingerprint density at radius 2 is 1.86 bits per heavy atom. The van der Waals surface area contributed by atoms with Crippen molar-refractivity contribution in [3.05, 3.63) is 69.7 Å². The van der Waals surface area contributed by atoms with Gasteiger partial charge in [-0.25, -0.2) is 0 Å². The molecule has 2 aromatic rings. The summed E-state index contributed by atoms with van der Waals surface area (Å²) in [6, 6.07) is 16.5. The quantitative estimate of drug-likeness (QED) is 0.414. The van der Waals surface area contributed by atoms with E-state index in [0.29, 0.717) is 29.3 Å². The Bertz CT molecular complexity index is 1060. The van der Waals surface area contributed by atoms with Gasteiger partial charge in [0.15, 0.2) is 0 Å². The summed E-state index contributed by atoms with van der Waals surface area (Å²) < 4.78 is 0. The Morgan fingerprint density at radius 1 is 1.17 bits per heavy atom. The van der Waals surface area contributed by atoms with E-state index in [-0.39, 0.29) is 30.3 Å². The molecule has 3 N–H and O–H groups in total. The van der Waals surface area contributed by atoms with E-state index in [1.165, 1.54) is 0 Å². The van der Waals surface area contributed by atoms with Gasteiger partial charge in [0.25, 0.3) is 0 Å². The number of carbonyl (C=O) groups is 1. The lowest BCUT2D eigenvalue weighted by Gasteiger charge is -2.37. The average Bonchev–Trinajstić information content (AvgIpc) is 3.12. The first-order valence-electron chi connectivity index (χ1n) is 12.0. The lowest BCUT2D eigenvalue weighted by Crippen LogP contribution is -2.44. The number of benzene rings is 2. The summed E-state index contributed by atoms with van der Waals surface area (Å²) in [6.07, 6.45) is 0.849. The number of nitrogens with one attached hydrogen (secondary N) is 1. The molecule has 35 heavy (non-hydrogen) atoms. The number of nitrogens with zero attached hydrogens (tertiary/aromatic N) is 1. The number of ketones is 1. The van der Waals surface area contributed by atoms with Crippen LogP contribution in [0.25, 0.3) is 0 Å². The van der Waals surface area contributed by atoms with Crippen LogP contribution < -0.4 is 5.32 Å². The van der Waals surface area contributed by atoms with Crippen LogP contribution in [0.1, 0.15) is 63.5 Å². The molecule has 5 atom stereocenters. The lowest BCUT2D eigenvalue weighted by molar-refractivity contribution is -0.121. The Kier molecular flexibility index (Phi) is 9.01. The number of hydrogen-bond donors (Lipinski definition) is 3. The van der Waals surface area contributed by atoms with E-state index in [9.17, 15) is 15.2 Å². The number of nitriles is 1. The van der Waals surface area contributed by atoms with Crippen LogP contribution in [-0.4, -0.2) is 40.8 Å². The molecule has 1 aliphatic heterocycles. The molecule has 1 saturated heterocycles. The molecule has 188 valence electrons. The summed E-state index contributed by atoms with van der Waals surface area (Å²) in [5.74, 6) is -0.500. The molecular weight excluding hydrogens is 483 g/mol. The number of rotatable bonds is 9. The van der Waals surface area contributed by atoms with Crippen molar-refractivity contribution in [1.29, 1.82) is 5.26 Å². The van der Waals surface area contributed by atoms with E-state index in [4.69, 9.17) is 28.3 Å². The van der Waals surface area contributed by atoms with Gasteiger partial charge >= 0.3 is 0 Å². The zero-order valence-corrected chi connectivity index (χ0v) is 22.0. The molecule has 1 heterocycles. The van der Waals surface area contributed by atoms with Gasteiger partial charge in [-0.15, -0.1) is 0 Å². The van der Waals surface area contributed by atoms with E-state index in [2.05, 4.69) is 32.2 Å². The van der Waals surface area contributed by atoms with E-state index < -0.39 is 23.5 Å². The molecule has 0 unspecified atom stereocenters. The van der Waals surface area contributed by atoms with Crippen molar-refractivity contribution in [1.82, 2.24) is 5.32 Å². The highest BCUT2D eigenvalue weighted by atomic mass is 35.5. The van der Waals surface area contributed by atoms with Crippen LogP contribution in [0.3, 0.4) is 0 Å². The van der Waals surface area contributed by atoms with Gasteiger partial charge in [0.2, 0.25) is 0 Å². The summed E-state index contributed by atoms with van der Waals surface area (Å²) in [4.78, 5) is 13.6. The highest BCUT2D eigenvalue weighted by Gasteiger charge is 2.59. The van der Waals surface area contributed by atoms with Crippen LogP contribution in [0, 0.1) is 16.7 Å². The Morgan fingerprint density at radius 3 is 2.43 bits per heavy atom. The summed E-state index contributed by atoms with van der Waals surface area (Å²) >= 11 is 12.6. The lowest BCUT2D eigenvalue weighted by atomic mass is 9.62. The summed E-state index contributed by atoms with van der Waals surface area (Å²) in [5, 5.41) is 34.4. The molecule has 7 heteroatoms. The van der Waals surface area contributed by atoms with Crippen molar-refractivity contribution in [3.63, 3.8) is 0 Å². The normalized spacial score (nSPS) is 25.3.